The van der Waals surface area contributed by atoms with Crippen LogP contribution >= 0.6 is 34.7 Å². The van der Waals surface area contributed by atoms with Crippen LogP contribution in [0.1, 0.15) is 4.88 Å². The number of benzene rings is 1. The SMILES string of the molecule is O=C(CSCc1ccc(Cl)s1)Nc1ccccc1. The molecule has 1 amide bonds. The first kappa shape index (κ1) is 13.5. The molecule has 1 heterocycles. The molecule has 0 saturated heterocycles. The summed E-state index contributed by atoms with van der Waals surface area (Å²) in [4.78, 5) is 12.8. The van der Waals surface area contributed by atoms with Crippen molar-refractivity contribution in [2.24, 2.45) is 0 Å². The summed E-state index contributed by atoms with van der Waals surface area (Å²) >= 11 is 8.98. The number of rotatable bonds is 5. The van der Waals surface area contributed by atoms with Crippen molar-refractivity contribution in [3.8, 4) is 0 Å². The fourth-order valence-corrected chi connectivity index (χ4v) is 3.42. The lowest BCUT2D eigenvalue weighted by Gasteiger charge is -2.04. The van der Waals surface area contributed by atoms with Crippen LogP contribution in [0.15, 0.2) is 42.5 Å². The molecule has 0 bridgehead atoms. The zero-order valence-electron chi connectivity index (χ0n) is 9.56. The van der Waals surface area contributed by atoms with Gasteiger partial charge in [0.15, 0.2) is 0 Å². The molecule has 5 heteroatoms. The van der Waals surface area contributed by atoms with E-state index >= 15 is 0 Å². The summed E-state index contributed by atoms with van der Waals surface area (Å²) in [7, 11) is 0. The van der Waals surface area contributed by atoms with Crippen LogP contribution in [0.4, 0.5) is 5.69 Å². The minimum atomic E-state index is 0.0221. The van der Waals surface area contributed by atoms with Crippen molar-refractivity contribution in [1.82, 2.24) is 0 Å². The molecule has 94 valence electrons. The van der Waals surface area contributed by atoms with Crippen LogP contribution in [-0.2, 0) is 10.5 Å². The third kappa shape index (κ3) is 4.37. The first-order chi connectivity index (χ1) is 8.74. The Balaban J connectivity index is 1.72. The molecule has 1 aromatic carbocycles. The van der Waals surface area contributed by atoms with Crippen LogP contribution in [0.5, 0.6) is 0 Å². The largest absolute Gasteiger partial charge is 0.325 e. The Bertz CT molecular complexity index is 513. The summed E-state index contributed by atoms with van der Waals surface area (Å²) in [6.07, 6.45) is 0. The number of thiophene rings is 1. The number of hydrogen-bond acceptors (Lipinski definition) is 3. The Labute approximate surface area is 119 Å². The monoisotopic (exact) mass is 297 g/mol. The molecule has 0 radical (unpaired) electrons. The quantitative estimate of drug-likeness (QED) is 0.893. The molecule has 1 N–H and O–H groups in total. The molecule has 18 heavy (non-hydrogen) atoms. The molecule has 0 aliphatic rings. The standard InChI is InChI=1S/C13H12ClNOS2/c14-12-7-6-11(18-12)8-17-9-13(16)15-10-4-2-1-3-5-10/h1-7H,8-9H2,(H,15,16). The second-order valence-corrected chi connectivity index (χ2v) is 6.40. The maximum atomic E-state index is 11.7. The smallest absolute Gasteiger partial charge is 0.234 e. The van der Waals surface area contributed by atoms with Gasteiger partial charge in [-0.05, 0) is 24.3 Å². The van der Waals surface area contributed by atoms with Crippen molar-refractivity contribution in [2.45, 2.75) is 5.75 Å². The Hall–Kier alpha value is -0.970. The summed E-state index contributed by atoms with van der Waals surface area (Å²) in [5, 5.41) is 2.85. The van der Waals surface area contributed by atoms with Gasteiger partial charge in [-0.3, -0.25) is 4.79 Å². The van der Waals surface area contributed by atoms with Crippen molar-refractivity contribution < 1.29 is 4.79 Å². The van der Waals surface area contributed by atoms with Gasteiger partial charge in [0.25, 0.3) is 0 Å². The van der Waals surface area contributed by atoms with Crippen LogP contribution in [-0.4, -0.2) is 11.7 Å². The average Bonchev–Trinajstić information content (AvgIpc) is 2.76. The van der Waals surface area contributed by atoms with E-state index in [1.54, 1.807) is 23.1 Å². The Morgan fingerprint density at radius 1 is 1.22 bits per heavy atom. The summed E-state index contributed by atoms with van der Waals surface area (Å²) < 4.78 is 0.791. The molecular formula is C13H12ClNOS2. The van der Waals surface area contributed by atoms with Crippen LogP contribution in [0, 0.1) is 0 Å². The molecule has 2 nitrogen and oxygen atoms in total. The van der Waals surface area contributed by atoms with E-state index in [0.717, 1.165) is 15.8 Å². The number of anilines is 1. The van der Waals surface area contributed by atoms with E-state index in [1.165, 1.54) is 4.88 Å². The lowest BCUT2D eigenvalue weighted by atomic mass is 10.3. The zero-order valence-corrected chi connectivity index (χ0v) is 11.9. The fourth-order valence-electron chi connectivity index (χ4n) is 1.39. The Morgan fingerprint density at radius 3 is 2.67 bits per heavy atom. The van der Waals surface area contributed by atoms with Gasteiger partial charge in [0.1, 0.15) is 0 Å². The van der Waals surface area contributed by atoms with Crippen LogP contribution in [0.3, 0.4) is 0 Å². The normalized spacial score (nSPS) is 10.3. The summed E-state index contributed by atoms with van der Waals surface area (Å²) in [6, 6.07) is 13.3. The second kappa shape index (κ2) is 6.83. The molecule has 0 spiro atoms. The lowest BCUT2D eigenvalue weighted by Crippen LogP contribution is -2.13. The maximum absolute atomic E-state index is 11.7. The van der Waals surface area contributed by atoms with E-state index in [1.807, 2.05) is 42.5 Å². The molecule has 0 fully saturated rings. The second-order valence-electron chi connectivity index (χ2n) is 3.61. The van der Waals surface area contributed by atoms with Crippen molar-refractivity contribution in [3.63, 3.8) is 0 Å². The topological polar surface area (TPSA) is 29.1 Å². The summed E-state index contributed by atoms with van der Waals surface area (Å²) in [5.74, 6) is 1.29. The van der Waals surface area contributed by atoms with Crippen molar-refractivity contribution in [3.05, 3.63) is 51.7 Å². The number of amides is 1. The fraction of sp³-hybridized carbons (Fsp3) is 0.154. The Morgan fingerprint density at radius 2 is 2.00 bits per heavy atom. The molecule has 2 rings (SSSR count). The van der Waals surface area contributed by atoms with Crippen molar-refractivity contribution >= 4 is 46.3 Å². The number of carbonyl (C=O) groups excluding carboxylic acids is 1. The van der Waals surface area contributed by atoms with Crippen LogP contribution < -0.4 is 5.32 Å². The van der Waals surface area contributed by atoms with Gasteiger partial charge in [0, 0.05) is 16.3 Å². The number of thioether (sulfide) groups is 1. The van der Waals surface area contributed by atoms with Gasteiger partial charge in [-0.1, -0.05) is 29.8 Å². The van der Waals surface area contributed by atoms with Gasteiger partial charge >= 0.3 is 0 Å². The van der Waals surface area contributed by atoms with E-state index < -0.39 is 0 Å². The maximum Gasteiger partial charge on any atom is 0.234 e. The molecule has 0 atom stereocenters. The van der Waals surface area contributed by atoms with Gasteiger partial charge in [0.2, 0.25) is 5.91 Å². The molecule has 0 unspecified atom stereocenters. The van der Waals surface area contributed by atoms with Crippen molar-refractivity contribution in [1.29, 1.82) is 0 Å². The number of para-hydroxylation sites is 1. The van der Waals surface area contributed by atoms with E-state index in [0.29, 0.717) is 5.75 Å². The number of carbonyl (C=O) groups is 1. The van der Waals surface area contributed by atoms with Gasteiger partial charge in [0.05, 0.1) is 10.1 Å². The summed E-state index contributed by atoms with van der Waals surface area (Å²) in [5.41, 5.74) is 0.835. The third-order valence-electron chi connectivity index (χ3n) is 2.16. The molecular weight excluding hydrogens is 286 g/mol. The predicted octanol–water partition coefficient (Wildman–Crippen LogP) is 4.27. The highest BCUT2D eigenvalue weighted by Crippen LogP contribution is 2.25. The Kier molecular flexibility index (Phi) is 5.11. The van der Waals surface area contributed by atoms with Crippen LogP contribution in [0.2, 0.25) is 4.34 Å². The highest BCUT2D eigenvalue weighted by molar-refractivity contribution is 7.99. The highest BCUT2D eigenvalue weighted by Gasteiger charge is 2.03. The zero-order chi connectivity index (χ0) is 12.8. The van der Waals surface area contributed by atoms with Gasteiger partial charge in [-0.25, -0.2) is 0 Å². The molecule has 2 aromatic rings. The van der Waals surface area contributed by atoms with Gasteiger partial charge in [-0.2, -0.15) is 0 Å². The van der Waals surface area contributed by atoms with Gasteiger partial charge in [-0.15, -0.1) is 23.1 Å². The summed E-state index contributed by atoms with van der Waals surface area (Å²) in [6.45, 7) is 0. The highest BCUT2D eigenvalue weighted by atomic mass is 35.5. The van der Waals surface area contributed by atoms with Crippen LogP contribution in [0.25, 0.3) is 0 Å². The predicted molar refractivity (Wildman–Crippen MR) is 80.6 cm³/mol. The minimum Gasteiger partial charge on any atom is -0.325 e. The molecule has 0 aliphatic heterocycles. The van der Waals surface area contributed by atoms with E-state index in [9.17, 15) is 4.79 Å². The van der Waals surface area contributed by atoms with E-state index in [-0.39, 0.29) is 5.91 Å². The van der Waals surface area contributed by atoms with E-state index in [4.69, 9.17) is 11.6 Å². The first-order valence-electron chi connectivity index (χ1n) is 5.41. The molecule has 0 saturated carbocycles. The first-order valence-corrected chi connectivity index (χ1v) is 7.76. The molecule has 0 aliphatic carbocycles. The number of nitrogens with one attached hydrogen (secondary N) is 1. The van der Waals surface area contributed by atoms with Crippen molar-refractivity contribution in [2.75, 3.05) is 11.1 Å². The van der Waals surface area contributed by atoms with E-state index in [2.05, 4.69) is 5.32 Å². The number of hydrogen-bond donors (Lipinski definition) is 1. The molecule has 1 aromatic heterocycles. The average molecular weight is 298 g/mol. The van der Waals surface area contributed by atoms with Gasteiger partial charge < -0.3 is 5.32 Å². The minimum absolute atomic E-state index is 0.0221. The third-order valence-corrected chi connectivity index (χ3v) is 4.56. The number of halogens is 1. The lowest BCUT2D eigenvalue weighted by molar-refractivity contribution is -0.113.